The number of carbonyl (C=O) groups excluding carboxylic acids is 2. The van der Waals surface area contributed by atoms with Gasteiger partial charge in [-0.05, 0) is 37.1 Å². The van der Waals surface area contributed by atoms with Crippen molar-refractivity contribution < 1.29 is 9.59 Å². The van der Waals surface area contributed by atoms with E-state index in [0.29, 0.717) is 6.42 Å². The highest BCUT2D eigenvalue weighted by Crippen LogP contribution is 2.15. The molecule has 0 bridgehead atoms. The number of nitrogens with one attached hydrogen (secondary N) is 2. The van der Waals surface area contributed by atoms with Crippen LogP contribution in [0.3, 0.4) is 0 Å². The standard InChI is InChI=1S/C16H23N3O2.ClH/c1-19(2)15(20)10-12-5-7-14(8-6-12)18-16(21)13-4-3-9-17-11-13;/h5-8,13,17H,3-4,9-11H2,1-2H3,(H,18,21);1H. The second-order valence-corrected chi connectivity index (χ2v) is 5.69. The summed E-state index contributed by atoms with van der Waals surface area (Å²) in [6.45, 7) is 1.75. The molecule has 0 aromatic heterocycles. The number of hydrogen-bond donors (Lipinski definition) is 2. The van der Waals surface area contributed by atoms with Gasteiger partial charge < -0.3 is 15.5 Å². The van der Waals surface area contributed by atoms with Crippen LogP contribution in [0.15, 0.2) is 24.3 Å². The number of amides is 2. The van der Waals surface area contributed by atoms with Crippen LogP contribution in [0.1, 0.15) is 18.4 Å². The second-order valence-electron chi connectivity index (χ2n) is 5.69. The summed E-state index contributed by atoms with van der Waals surface area (Å²) in [7, 11) is 3.49. The normalized spacial score (nSPS) is 17.3. The van der Waals surface area contributed by atoms with Gasteiger partial charge in [-0.2, -0.15) is 0 Å². The lowest BCUT2D eigenvalue weighted by Gasteiger charge is -2.21. The minimum Gasteiger partial charge on any atom is -0.349 e. The first-order chi connectivity index (χ1) is 10.1. The van der Waals surface area contributed by atoms with E-state index in [4.69, 9.17) is 0 Å². The Kier molecular flexibility index (Phi) is 7.35. The Labute approximate surface area is 137 Å². The van der Waals surface area contributed by atoms with Gasteiger partial charge in [0.15, 0.2) is 0 Å². The van der Waals surface area contributed by atoms with Crippen LogP contribution in [0.2, 0.25) is 0 Å². The number of carbonyl (C=O) groups is 2. The predicted molar refractivity (Wildman–Crippen MR) is 90.3 cm³/mol. The Morgan fingerprint density at radius 1 is 1.27 bits per heavy atom. The number of piperidine rings is 1. The molecule has 122 valence electrons. The zero-order valence-electron chi connectivity index (χ0n) is 13.1. The molecule has 6 heteroatoms. The van der Waals surface area contributed by atoms with Gasteiger partial charge in [-0.1, -0.05) is 12.1 Å². The minimum atomic E-state index is 0. The smallest absolute Gasteiger partial charge is 0.228 e. The molecule has 1 saturated heterocycles. The van der Waals surface area contributed by atoms with Crippen LogP contribution in [-0.2, 0) is 16.0 Å². The lowest BCUT2D eigenvalue weighted by Crippen LogP contribution is -2.37. The predicted octanol–water partition coefficient (Wildman–Crippen LogP) is 1.68. The lowest BCUT2D eigenvalue weighted by molar-refractivity contribution is -0.128. The molecule has 0 radical (unpaired) electrons. The van der Waals surface area contributed by atoms with Crippen LogP contribution in [0.5, 0.6) is 0 Å². The van der Waals surface area contributed by atoms with E-state index in [9.17, 15) is 9.59 Å². The quantitative estimate of drug-likeness (QED) is 0.885. The number of anilines is 1. The molecule has 2 rings (SSSR count). The first-order valence-electron chi connectivity index (χ1n) is 7.37. The van der Waals surface area contributed by atoms with Gasteiger partial charge in [-0.25, -0.2) is 0 Å². The Morgan fingerprint density at radius 2 is 1.95 bits per heavy atom. The summed E-state index contributed by atoms with van der Waals surface area (Å²) in [5.74, 6) is 0.188. The highest BCUT2D eigenvalue weighted by Gasteiger charge is 2.20. The molecule has 22 heavy (non-hydrogen) atoms. The molecule has 2 N–H and O–H groups in total. The summed E-state index contributed by atoms with van der Waals surface area (Å²) in [5, 5.41) is 6.18. The highest BCUT2D eigenvalue weighted by molar-refractivity contribution is 5.92. The molecule has 1 aliphatic rings. The van der Waals surface area contributed by atoms with Crippen LogP contribution >= 0.6 is 12.4 Å². The van der Waals surface area contributed by atoms with Gasteiger partial charge >= 0.3 is 0 Å². The number of likely N-dealkylation sites (N-methyl/N-ethyl adjacent to an activating group) is 1. The second kappa shape index (κ2) is 8.76. The minimum absolute atomic E-state index is 0. The Hall–Kier alpha value is -1.59. The first-order valence-corrected chi connectivity index (χ1v) is 7.37. The SMILES string of the molecule is CN(C)C(=O)Cc1ccc(NC(=O)C2CCCNC2)cc1.Cl. The van der Waals surface area contributed by atoms with Crippen LogP contribution in [0, 0.1) is 5.92 Å². The molecular weight excluding hydrogens is 302 g/mol. The van der Waals surface area contributed by atoms with Gasteiger partial charge in [0.1, 0.15) is 0 Å². The third kappa shape index (κ3) is 5.31. The molecule has 0 aliphatic carbocycles. The molecule has 0 saturated carbocycles. The number of benzene rings is 1. The Bertz CT molecular complexity index is 497. The fourth-order valence-electron chi connectivity index (χ4n) is 2.36. The topological polar surface area (TPSA) is 61.4 Å². The van der Waals surface area contributed by atoms with E-state index in [2.05, 4.69) is 10.6 Å². The summed E-state index contributed by atoms with van der Waals surface area (Å²) in [4.78, 5) is 25.3. The fourth-order valence-corrected chi connectivity index (χ4v) is 2.36. The third-order valence-corrected chi connectivity index (χ3v) is 3.74. The van der Waals surface area contributed by atoms with Gasteiger partial charge in [-0.15, -0.1) is 12.4 Å². The molecule has 2 amide bonds. The highest BCUT2D eigenvalue weighted by atomic mass is 35.5. The molecule has 1 atom stereocenters. The van der Waals surface area contributed by atoms with Gasteiger partial charge in [0.2, 0.25) is 11.8 Å². The summed E-state index contributed by atoms with van der Waals surface area (Å²) < 4.78 is 0. The van der Waals surface area contributed by atoms with Crippen molar-refractivity contribution in [3.8, 4) is 0 Å². The van der Waals surface area contributed by atoms with Gasteiger partial charge in [-0.3, -0.25) is 9.59 Å². The van der Waals surface area contributed by atoms with E-state index < -0.39 is 0 Å². The third-order valence-electron chi connectivity index (χ3n) is 3.74. The average molecular weight is 326 g/mol. The van der Waals surface area contributed by atoms with Gasteiger partial charge in [0.05, 0.1) is 12.3 Å². The van der Waals surface area contributed by atoms with Crippen molar-refractivity contribution in [3.63, 3.8) is 0 Å². The van der Waals surface area contributed by atoms with Crippen molar-refractivity contribution in [2.75, 3.05) is 32.5 Å². The Morgan fingerprint density at radius 3 is 2.50 bits per heavy atom. The summed E-state index contributed by atoms with van der Waals surface area (Å²) in [6.07, 6.45) is 2.37. The largest absolute Gasteiger partial charge is 0.349 e. The average Bonchev–Trinajstić information content (AvgIpc) is 2.50. The summed E-state index contributed by atoms with van der Waals surface area (Å²) >= 11 is 0. The van der Waals surface area contributed by atoms with Crippen LogP contribution in [0.25, 0.3) is 0 Å². The maximum atomic E-state index is 12.1. The number of hydrogen-bond acceptors (Lipinski definition) is 3. The molecular formula is C16H24ClN3O2. The summed E-state index contributed by atoms with van der Waals surface area (Å²) in [6, 6.07) is 7.48. The molecule has 1 unspecified atom stereocenters. The van der Waals surface area contributed by atoms with E-state index in [0.717, 1.165) is 37.2 Å². The van der Waals surface area contributed by atoms with Gasteiger partial charge in [0.25, 0.3) is 0 Å². The van der Waals surface area contributed by atoms with Crippen molar-refractivity contribution in [3.05, 3.63) is 29.8 Å². The molecule has 1 aromatic carbocycles. The Balaban J connectivity index is 0.00000242. The maximum Gasteiger partial charge on any atom is 0.228 e. The molecule has 1 aromatic rings. The van der Waals surface area contributed by atoms with Crippen LogP contribution < -0.4 is 10.6 Å². The molecule has 0 spiro atoms. The van der Waals surface area contributed by atoms with Gasteiger partial charge in [0, 0.05) is 26.3 Å². The lowest BCUT2D eigenvalue weighted by atomic mass is 9.99. The summed E-state index contributed by atoms with van der Waals surface area (Å²) in [5.41, 5.74) is 1.73. The van der Waals surface area contributed by atoms with Crippen molar-refractivity contribution in [2.45, 2.75) is 19.3 Å². The number of nitrogens with zero attached hydrogens (tertiary/aromatic N) is 1. The fraction of sp³-hybridized carbons (Fsp3) is 0.500. The van der Waals surface area contributed by atoms with E-state index in [1.54, 1.807) is 19.0 Å². The number of halogens is 1. The number of rotatable bonds is 4. The molecule has 1 fully saturated rings. The zero-order valence-corrected chi connectivity index (χ0v) is 13.9. The van der Waals surface area contributed by atoms with Crippen molar-refractivity contribution >= 4 is 29.9 Å². The van der Waals surface area contributed by atoms with E-state index in [1.165, 1.54) is 0 Å². The maximum absolute atomic E-state index is 12.1. The molecule has 1 aliphatic heterocycles. The zero-order chi connectivity index (χ0) is 15.2. The van der Waals surface area contributed by atoms with Crippen molar-refractivity contribution in [1.29, 1.82) is 0 Å². The molecule has 5 nitrogen and oxygen atoms in total. The van der Waals surface area contributed by atoms with E-state index >= 15 is 0 Å². The van der Waals surface area contributed by atoms with E-state index in [1.807, 2.05) is 24.3 Å². The van der Waals surface area contributed by atoms with Crippen molar-refractivity contribution in [2.24, 2.45) is 5.92 Å². The van der Waals surface area contributed by atoms with Crippen molar-refractivity contribution in [1.82, 2.24) is 10.2 Å². The molecule has 1 heterocycles. The van der Waals surface area contributed by atoms with E-state index in [-0.39, 0.29) is 30.1 Å². The first kappa shape index (κ1) is 18.5. The monoisotopic (exact) mass is 325 g/mol. The van der Waals surface area contributed by atoms with Crippen LogP contribution in [0.4, 0.5) is 5.69 Å². The van der Waals surface area contributed by atoms with Crippen LogP contribution in [-0.4, -0.2) is 43.9 Å².